The van der Waals surface area contributed by atoms with Gasteiger partial charge < -0.3 is 20.7 Å². The molecule has 0 unspecified atom stereocenters. The highest BCUT2D eigenvalue weighted by atomic mass is 16.5. The van der Waals surface area contributed by atoms with Gasteiger partial charge in [-0.2, -0.15) is 15.0 Å². The summed E-state index contributed by atoms with van der Waals surface area (Å²) in [4.78, 5) is 38.9. The number of amides is 1. The van der Waals surface area contributed by atoms with Gasteiger partial charge in [-0.25, -0.2) is 0 Å². The average molecular weight is 432 g/mol. The van der Waals surface area contributed by atoms with E-state index in [1.165, 1.54) is 0 Å². The Labute approximate surface area is 185 Å². The highest BCUT2D eigenvalue weighted by Crippen LogP contribution is 2.26. The average Bonchev–Trinajstić information content (AvgIpc) is 3.15. The summed E-state index contributed by atoms with van der Waals surface area (Å²) in [7, 11) is 0. The minimum absolute atomic E-state index is 0.0160. The monoisotopic (exact) mass is 432 g/mol. The summed E-state index contributed by atoms with van der Waals surface area (Å²) in [5.74, 6) is -0.630. The maximum Gasteiger partial charge on any atom is 0.311 e. The van der Waals surface area contributed by atoms with Crippen molar-refractivity contribution < 1.29 is 14.3 Å². The second-order valence-corrected chi connectivity index (χ2v) is 7.77. The van der Waals surface area contributed by atoms with E-state index in [1.54, 1.807) is 4.90 Å². The SMILES string of the molecule is Cc1ccc(Nc2nc(N)nc(COC(=O)[C@H]3CC(=O)N(c4ccc(C)cc4)C3)n2)cc1. The molecule has 9 nitrogen and oxygen atoms in total. The predicted octanol–water partition coefficient (Wildman–Crippen LogP) is 2.91. The molecule has 1 fully saturated rings. The number of nitrogens with zero attached hydrogens (tertiary/aromatic N) is 4. The van der Waals surface area contributed by atoms with Crippen LogP contribution in [0.4, 0.5) is 23.3 Å². The van der Waals surface area contributed by atoms with E-state index >= 15 is 0 Å². The van der Waals surface area contributed by atoms with Gasteiger partial charge in [-0.1, -0.05) is 35.4 Å². The van der Waals surface area contributed by atoms with Crippen LogP contribution in [-0.4, -0.2) is 33.4 Å². The Morgan fingerprint density at radius 1 is 1.06 bits per heavy atom. The topological polar surface area (TPSA) is 123 Å². The summed E-state index contributed by atoms with van der Waals surface area (Å²) in [5, 5.41) is 3.05. The first-order chi connectivity index (χ1) is 15.4. The molecule has 1 atom stereocenters. The van der Waals surface area contributed by atoms with Crippen LogP contribution in [0.25, 0.3) is 0 Å². The van der Waals surface area contributed by atoms with Gasteiger partial charge in [-0.3, -0.25) is 9.59 Å². The van der Waals surface area contributed by atoms with Crippen molar-refractivity contribution in [3.05, 3.63) is 65.5 Å². The Hall–Kier alpha value is -4.01. The lowest BCUT2D eigenvalue weighted by molar-refractivity contribution is -0.149. The molecule has 1 aliphatic heterocycles. The van der Waals surface area contributed by atoms with Crippen LogP contribution in [0.15, 0.2) is 48.5 Å². The van der Waals surface area contributed by atoms with E-state index in [1.807, 2.05) is 62.4 Å². The minimum Gasteiger partial charge on any atom is -0.457 e. The quantitative estimate of drug-likeness (QED) is 0.570. The maximum absolute atomic E-state index is 12.6. The number of hydrogen-bond donors (Lipinski definition) is 2. The van der Waals surface area contributed by atoms with Crippen molar-refractivity contribution in [3.63, 3.8) is 0 Å². The number of hydrogen-bond acceptors (Lipinski definition) is 8. The number of aryl methyl sites for hydroxylation is 2. The Morgan fingerprint density at radius 2 is 1.72 bits per heavy atom. The van der Waals surface area contributed by atoms with Crippen LogP contribution < -0.4 is 16.0 Å². The molecule has 1 saturated heterocycles. The summed E-state index contributed by atoms with van der Waals surface area (Å²) in [6, 6.07) is 15.3. The number of nitrogens with two attached hydrogens (primary N) is 1. The number of anilines is 4. The number of ether oxygens (including phenoxy) is 1. The van der Waals surface area contributed by atoms with Crippen molar-refractivity contribution in [1.29, 1.82) is 0 Å². The van der Waals surface area contributed by atoms with Gasteiger partial charge in [-0.05, 0) is 38.1 Å². The number of rotatable bonds is 6. The second-order valence-electron chi connectivity index (χ2n) is 7.77. The number of nitrogen functional groups attached to an aromatic ring is 1. The van der Waals surface area contributed by atoms with Crippen molar-refractivity contribution >= 4 is 35.1 Å². The van der Waals surface area contributed by atoms with E-state index in [9.17, 15) is 9.59 Å². The smallest absolute Gasteiger partial charge is 0.311 e. The third-order valence-electron chi connectivity index (χ3n) is 5.15. The molecular weight excluding hydrogens is 408 g/mol. The molecule has 0 radical (unpaired) electrons. The Balaban J connectivity index is 1.37. The van der Waals surface area contributed by atoms with E-state index in [2.05, 4.69) is 20.3 Å². The summed E-state index contributed by atoms with van der Waals surface area (Å²) >= 11 is 0. The van der Waals surface area contributed by atoms with E-state index < -0.39 is 11.9 Å². The van der Waals surface area contributed by atoms with Gasteiger partial charge in [-0.15, -0.1) is 0 Å². The van der Waals surface area contributed by atoms with E-state index in [0.29, 0.717) is 0 Å². The summed E-state index contributed by atoms with van der Waals surface area (Å²) in [5.41, 5.74) is 9.58. The molecular formula is C23H24N6O3. The largest absolute Gasteiger partial charge is 0.457 e. The Kier molecular flexibility index (Phi) is 5.98. The molecule has 32 heavy (non-hydrogen) atoms. The molecule has 2 heterocycles. The minimum atomic E-state index is -0.548. The van der Waals surface area contributed by atoms with Gasteiger partial charge in [0.2, 0.25) is 17.8 Å². The van der Waals surface area contributed by atoms with Gasteiger partial charge >= 0.3 is 5.97 Å². The van der Waals surface area contributed by atoms with Crippen molar-refractivity contribution in [1.82, 2.24) is 15.0 Å². The highest BCUT2D eigenvalue weighted by Gasteiger charge is 2.36. The first-order valence-electron chi connectivity index (χ1n) is 10.2. The first kappa shape index (κ1) is 21.2. The Bertz CT molecular complexity index is 1130. The van der Waals surface area contributed by atoms with Gasteiger partial charge in [0.05, 0.1) is 5.92 Å². The number of benzene rings is 2. The molecule has 2 aromatic carbocycles. The van der Waals surface area contributed by atoms with Crippen molar-refractivity contribution in [3.8, 4) is 0 Å². The summed E-state index contributed by atoms with van der Waals surface area (Å²) in [6.45, 7) is 4.09. The van der Waals surface area contributed by atoms with Gasteiger partial charge in [0, 0.05) is 24.3 Å². The lowest BCUT2D eigenvalue weighted by Gasteiger charge is -2.16. The highest BCUT2D eigenvalue weighted by molar-refractivity contribution is 5.99. The van der Waals surface area contributed by atoms with Crippen molar-refractivity contribution in [2.75, 3.05) is 22.5 Å². The molecule has 3 N–H and O–H groups in total. The van der Waals surface area contributed by atoms with Gasteiger partial charge in [0.15, 0.2) is 12.4 Å². The normalized spacial score (nSPS) is 15.6. The van der Waals surface area contributed by atoms with Crippen LogP contribution in [0.1, 0.15) is 23.4 Å². The van der Waals surface area contributed by atoms with Crippen LogP contribution in [0.2, 0.25) is 0 Å². The van der Waals surface area contributed by atoms with E-state index in [4.69, 9.17) is 10.5 Å². The molecule has 0 bridgehead atoms. The standard InChI is InChI=1S/C23H24N6O3/c1-14-3-7-17(8-4-14)25-23-27-19(26-22(24)28-23)13-32-21(31)16-11-20(30)29(12-16)18-9-5-15(2)6-10-18/h3-10,16H,11-13H2,1-2H3,(H3,24,25,26,27,28)/t16-/m0/s1. The molecule has 0 spiro atoms. The van der Waals surface area contributed by atoms with Gasteiger partial charge in [0.25, 0.3) is 0 Å². The third-order valence-corrected chi connectivity index (χ3v) is 5.15. The molecule has 1 amide bonds. The van der Waals surface area contributed by atoms with Crippen LogP contribution in [0.5, 0.6) is 0 Å². The fourth-order valence-electron chi connectivity index (χ4n) is 3.42. The van der Waals surface area contributed by atoms with Crippen LogP contribution >= 0.6 is 0 Å². The lowest BCUT2D eigenvalue weighted by Crippen LogP contribution is -2.26. The molecule has 9 heteroatoms. The summed E-state index contributed by atoms with van der Waals surface area (Å²) < 4.78 is 5.39. The number of carbonyl (C=O) groups excluding carboxylic acids is 2. The number of aromatic nitrogens is 3. The maximum atomic E-state index is 12.6. The number of esters is 1. The molecule has 1 aliphatic rings. The zero-order valence-corrected chi connectivity index (χ0v) is 17.9. The first-order valence-corrected chi connectivity index (χ1v) is 10.2. The molecule has 1 aromatic heterocycles. The lowest BCUT2D eigenvalue weighted by atomic mass is 10.1. The molecule has 164 valence electrons. The fourth-order valence-corrected chi connectivity index (χ4v) is 3.42. The Morgan fingerprint density at radius 3 is 2.41 bits per heavy atom. The van der Waals surface area contributed by atoms with Crippen molar-refractivity contribution in [2.45, 2.75) is 26.9 Å². The number of carbonyl (C=O) groups is 2. The number of nitrogens with one attached hydrogen (secondary N) is 1. The van der Waals surface area contributed by atoms with Gasteiger partial charge in [0.1, 0.15) is 0 Å². The predicted molar refractivity (Wildman–Crippen MR) is 120 cm³/mol. The zero-order chi connectivity index (χ0) is 22.7. The van der Waals surface area contributed by atoms with Crippen LogP contribution in [0, 0.1) is 19.8 Å². The molecule has 3 aromatic rings. The fraction of sp³-hybridized carbons (Fsp3) is 0.261. The third kappa shape index (κ3) is 5.00. The molecule has 0 aliphatic carbocycles. The molecule has 4 rings (SSSR count). The zero-order valence-electron chi connectivity index (χ0n) is 17.9. The van der Waals surface area contributed by atoms with Crippen LogP contribution in [-0.2, 0) is 20.9 Å². The van der Waals surface area contributed by atoms with Crippen molar-refractivity contribution in [2.24, 2.45) is 5.92 Å². The van der Waals surface area contributed by atoms with E-state index in [0.717, 1.165) is 22.5 Å². The van der Waals surface area contributed by atoms with Crippen LogP contribution in [0.3, 0.4) is 0 Å². The summed E-state index contributed by atoms with van der Waals surface area (Å²) in [6.07, 6.45) is 0.103. The molecule has 0 saturated carbocycles. The van der Waals surface area contributed by atoms with E-state index in [-0.39, 0.29) is 43.2 Å². The second kappa shape index (κ2) is 9.01.